The number of aromatic nitrogens is 3. The van der Waals surface area contributed by atoms with E-state index in [2.05, 4.69) is 27.2 Å². The third-order valence-electron chi connectivity index (χ3n) is 3.74. The van der Waals surface area contributed by atoms with Gasteiger partial charge in [0.05, 0.1) is 22.3 Å². The van der Waals surface area contributed by atoms with E-state index < -0.39 is 0 Å². The molecular weight excluding hydrogens is 356 g/mol. The lowest BCUT2D eigenvalue weighted by atomic mass is 10.0. The van der Waals surface area contributed by atoms with E-state index in [1.807, 2.05) is 30.3 Å². The van der Waals surface area contributed by atoms with E-state index in [4.69, 9.17) is 11.6 Å². The lowest BCUT2D eigenvalue weighted by Crippen LogP contribution is -2.29. The van der Waals surface area contributed by atoms with Crippen molar-refractivity contribution in [1.29, 1.82) is 0 Å². The molecule has 3 rings (SSSR count). The van der Waals surface area contributed by atoms with Crippen LogP contribution in [-0.2, 0) is 4.79 Å². The van der Waals surface area contributed by atoms with Gasteiger partial charge < -0.3 is 10.3 Å². The van der Waals surface area contributed by atoms with Gasteiger partial charge in [0.2, 0.25) is 5.91 Å². The number of nitrogens with zero attached hydrogens (tertiary/aromatic N) is 2. The summed E-state index contributed by atoms with van der Waals surface area (Å²) in [6.45, 7) is 2.11. The van der Waals surface area contributed by atoms with Crippen LogP contribution in [0.15, 0.2) is 47.8 Å². The number of hydrogen-bond donors (Lipinski definition) is 2. The van der Waals surface area contributed by atoms with Gasteiger partial charge in [-0.15, -0.1) is 0 Å². The zero-order chi connectivity index (χ0) is 17.6. The number of imidazole rings is 1. The summed E-state index contributed by atoms with van der Waals surface area (Å²) in [5, 5.41) is 4.32. The third-order valence-corrected chi connectivity index (χ3v) is 4.82. The zero-order valence-electron chi connectivity index (χ0n) is 13.8. The molecule has 0 spiro atoms. The van der Waals surface area contributed by atoms with Crippen molar-refractivity contribution < 1.29 is 4.79 Å². The molecule has 0 saturated heterocycles. The average Bonchev–Trinajstić information content (AvgIpc) is 3.02. The number of halogens is 1. The molecule has 0 unspecified atom stereocenters. The Kier molecular flexibility index (Phi) is 5.94. The fourth-order valence-electron chi connectivity index (χ4n) is 2.59. The van der Waals surface area contributed by atoms with Crippen LogP contribution in [-0.4, -0.2) is 26.6 Å². The molecule has 0 saturated carbocycles. The Balaban J connectivity index is 1.60. The normalized spacial score (nSPS) is 12.2. The predicted octanol–water partition coefficient (Wildman–Crippen LogP) is 4.36. The SMILES string of the molecule is CCC[C@H](NC(=O)CSc1nc2ncc(Cl)cc2[nH]1)c1ccccc1. The number of nitrogens with one attached hydrogen (secondary N) is 2. The minimum atomic E-state index is -0.0150. The molecule has 25 heavy (non-hydrogen) atoms. The molecule has 5 nitrogen and oxygen atoms in total. The van der Waals surface area contributed by atoms with Gasteiger partial charge in [0.25, 0.3) is 0 Å². The molecule has 1 aromatic carbocycles. The highest BCUT2D eigenvalue weighted by Gasteiger charge is 2.14. The number of H-pyrrole nitrogens is 1. The van der Waals surface area contributed by atoms with Crippen molar-refractivity contribution in [2.75, 3.05) is 5.75 Å². The number of thioether (sulfide) groups is 1. The lowest BCUT2D eigenvalue weighted by molar-refractivity contribution is -0.119. The van der Waals surface area contributed by atoms with Gasteiger partial charge in [0.1, 0.15) is 0 Å². The predicted molar refractivity (Wildman–Crippen MR) is 102 cm³/mol. The largest absolute Gasteiger partial charge is 0.349 e. The number of amides is 1. The van der Waals surface area contributed by atoms with Crippen molar-refractivity contribution in [1.82, 2.24) is 20.3 Å². The molecule has 2 N–H and O–H groups in total. The molecule has 2 aromatic heterocycles. The maximum Gasteiger partial charge on any atom is 0.230 e. The number of aromatic amines is 1. The summed E-state index contributed by atoms with van der Waals surface area (Å²) in [5.74, 6) is 0.277. The van der Waals surface area contributed by atoms with Gasteiger partial charge in [-0.2, -0.15) is 0 Å². The number of carbonyl (C=O) groups is 1. The van der Waals surface area contributed by atoms with E-state index in [-0.39, 0.29) is 11.9 Å². The van der Waals surface area contributed by atoms with Crippen molar-refractivity contribution >= 4 is 40.4 Å². The van der Waals surface area contributed by atoms with Gasteiger partial charge >= 0.3 is 0 Å². The van der Waals surface area contributed by atoms with Crippen LogP contribution in [0.3, 0.4) is 0 Å². The molecule has 0 radical (unpaired) electrons. The van der Waals surface area contributed by atoms with Crippen LogP contribution in [0.4, 0.5) is 0 Å². The summed E-state index contributed by atoms with van der Waals surface area (Å²) in [6, 6.07) is 11.9. The molecule has 130 valence electrons. The molecule has 0 bridgehead atoms. The van der Waals surface area contributed by atoms with E-state index >= 15 is 0 Å². The Bertz CT molecular complexity index is 853. The first-order valence-corrected chi connectivity index (χ1v) is 9.50. The summed E-state index contributed by atoms with van der Waals surface area (Å²) in [4.78, 5) is 24.0. The average molecular weight is 375 g/mol. The molecule has 3 aromatic rings. The molecule has 7 heteroatoms. The van der Waals surface area contributed by atoms with Crippen LogP contribution in [0.2, 0.25) is 5.02 Å². The summed E-state index contributed by atoms with van der Waals surface area (Å²) in [5.41, 5.74) is 2.49. The molecule has 0 aliphatic rings. The van der Waals surface area contributed by atoms with E-state index in [1.165, 1.54) is 11.8 Å². The van der Waals surface area contributed by atoms with Gasteiger partial charge in [-0.05, 0) is 18.1 Å². The third kappa shape index (κ3) is 4.74. The minimum absolute atomic E-state index is 0.0150. The van der Waals surface area contributed by atoms with Gasteiger partial charge in [-0.25, -0.2) is 9.97 Å². The molecule has 1 atom stereocenters. The first kappa shape index (κ1) is 17.8. The van der Waals surface area contributed by atoms with Gasteiger partial charge in [-0.1, -0.05) is 67.0 Å². The van der Waals surface area contributed by atoms with Gasteiger partial charge in [0, 0.05) is 6.20 Å². The number of benzene rings is 1. The van der Waals surface area contributed by atoms with Crippen molar-refractivity contribution in [2.24, 2.45) is 0 Å². The van der Waals surface area contributed by atoms with Gasteiger partial charge in [0.15, 0.2) is 10.8 Å². The second kappa shape index (κ2) is 8.36. The van der Waals surface area contributed by atoms with Crippen LogP contribution in [0.25, 0.3) is 11.2 Å². The fourth-order valence-corrected chi connectivity index (χ4v) is 3.43. The second-order valence-corrected chi connectivity index (χ2v) is 7.08. The van der Waals surface area contributed by atoms with E-state index in [1.54, 1.807) is 12.3 Å². The van der Waals surface area contributed by atoms with Crippen molar-refractivity contribution in [3.63, 3.8) is 0 Å². The Morgan fingerprint density at radius 3 is 2.92 bits per heavy atom. The fraction of sp³-hybridized carbons (Fsp3) is 0.278. The second-order valence-electron chi connectivity index (χ2n) is 5.67. The first-order valence-electron chi connectivity index (χ1n) is 8.14. The van der Waals surface area contributed by atoms with Gasteiger partial charge in [-0.3, -0.25) is 4.79 Å². The Hall–Kier alpha value is -2.05. The minimum Gasteiger partial charge on any atom is -0.349 e. The highest BCUT2D eigenvalue weighted by molar-refractivity contribution is 7.99. The Labute approximate surface area is 155 Å². The van der Waals surface area contributed by atoms with E-state index in [0.29, 0.717) is 21.6 Å². The quantitative estimate of drug-likeness (QED) is 0.603. The molecular formula is C18H19ClN4OS. The molecule has 0 fully saturated rings. The number of pyridine rings is 1. The maximum atomic E-state index is 12.3. The summed E-state index contributed by atoms with van der Waals surface area (Å²) in [6.07, 6.45) is 3.47. The lowest BCUT2D eigenvalue weighted by Gasteiger charge is -2.18. The molecule has 0 aliphatic heterocycles. The standard InChI is InChI=1S/C18H19ClN4OS/c1-2-6-14(12-7-4-3-5-8-12)21-16(24)11-25-18-22-15-9-13(19)10-20-17(15)23-18/h3-5,7-10,14H,2,6,11H2,1H3,(H,21,24)(H,20,22,23)/t14-/m0/s1. The highest BCUT2D eigenvalue weighted by Crippen LogP contribution is 2.22. The van der Waals surface area contributed by atoms with Crippen molar-refractivity contribution in [2.45, 2.75) is 31.0 Å². The zero-order valence-corrected chi connectivity index (χ0v) is 15.4. The van der Waals surface area contributed by atoms with E-state index in [0.717, 1.165) is 23.9 Å². The number of carbonyl (C=O) groups excluding carboxylic acids is 1. The molecule has 1 amide bonds. The van der Waals surface area contributed by atoms with Crippen LogP contribution in [0, 0.1) is 0 Å². The van der Waals surface area contributed by atoms with E-state index in [9.17, 15) is 4.79 Å². The number of hydrogen-bond acceptors (Lipinski definition) is 4. The monoisotopic (exact) mass is 374 g/mol. The number of rotatable bonds is 7. The van der Waals surface area contributed by atoms with Crippen molar-refractivity contribution in [3.05, 3.63) is 53.2 Å². The Morgan fingerprint density at radius 2 is 2.16 bits per heavy atom. The van der Waals surface area contributed by atoms with Crippen LogP contribution >= 0.6 is 23.4 Å². The maximum absolute atomic E-state index is 12.3. The van der Waals surface area contributed by atoms with Crippen LogP contribution in [0.5, 0.6) is 0 Å². The molecule has 2 heterocycles. The topological polar surface area (TPSA) is 70.7 Å². The summed E-state index contributed by atoms with van der Waals surface area (Å²) >= 11 is 7.27. The smallest absolute Gasteiger partial charge is 0.230 e. The summed E-state index contributed by atoms with van der Waals surface area (Å²) in [7, 11) is 0. The summed E-state index contributed by atoms with van der Waals surface area (Å²) < 4.78 is 0. The first-order chi connectivity index (χ1) is 12.2. The van der Waals surface area contributed by atoms with Crippen LogP contribution in [0.1, 0.15) is 31.4 Å². The van der Waals surface area contributed by atoms with Crippen molar-refractivity contribution in [3.8, 4) is 0 Å². The van der Waals surface area contributed by atoms with Crippen LogP contribution < -0.4 is 5.32 Å². The molecule has 0 aliphatic carbocycles. The Morgan fingerprint density at radius 1 is 1.36 bits per heavy atom. The highest BCUT2D eigenvalue weighted by atomic mass is 35.5. The number of fused-ring (bicyclic) bond motifs is 1.